The maximum Gasteiger partial charge on any atom is 0.0786 e. The van der Waals surface area contributed by atoms with E-state index < -0.39 is 7.15 Å². The molecule has 0 aromatic rings. The highest BCUT2D eigenvalue weighted by Gasteiger charge is 2.24. The highest BCUT2D eigenvalue weighted by atomic mass is 33.1. The van der Waals surface area contributed by atoms with Crippen LogP contribution in [0.15, 0.2) is 22.5 Å². The first-order chi connectivity index (χ1) is 12.8. The third kappa shape index (κ3) is 11.3. The van der Waals surface area contributed by atoms with Crippen LogP contribution in [0, 0.1) is 0 Å². The predicted octanol–water partition coefficient (Wildman–Crippen LogP) is 6.35. The smallest absolute Gasteiger partial charge is 0.0786 e. The molecule has 0 aromatic heterocycles. The summed E-state index contributed by atoms with van der Waals surface area (Å²) < 4.78 is 1.84. The first-order valence-electron chi connectivity index (χ1n) is 10.5. The highest BCUT2D eigenvalue weighted by molar-refractivity contribution is 8.60. The van der Waals surface area contributed by atoms with Crippen LogP contribution in [0.2, 0.25) is 0 Å². The van der Waals surface area contributed by atoms with Crippen LogP contribution >= 0.6 is 12.2 Å². The second kappa shape index (κ2) is 15.4. The van der Waals surface area contributed by atoms with Gasteiger partial charge in [-0.05, 0) is 66.7 Å². The van der Waals surface area contributed by atoms with Crippen molar-refractivity contribution in [2.45, 2.75) is 79.1 Å². The summed E-state index contributed by atoms with van der Waals surface area (Å²) in [6.45, 7) is 15.0. The number of hydrogen-bond donors (Lipinski definition) is 0. The van der Waals surface area contributed by atoms with E-state index in [9.17, 15) is 0 Å². The van der Waals surface area contributed by atoms with E-state index in [-0.39, 0.29) is 0 Å². The van der Waals surface area contributed by atoms with E-state index in [0.717, 1.165) is 4.91 Å². The van der Waals surface area contributed by atoms with Gasteiger partial charge < -0.3 is 29.3 Å². The van der Waals surface area contributed by atoms with Gasteiger partial charge in [-0.25, -0.2) is 0 Å². The van der Waals surface area contributed by atoms with Gasteiger partial charge >= 0.3 is 0 Å². The fraction of sp³-hybridized carbons (Fsp3) is 0.762. The number of thiocarbonyl (C=S) groups is 1. The molecule has 27 heavy (non-hydrogen) atoms. The van der Waals surface area contributed by atoms with Crippen molar-refractivity contribution < 1.29 is 4.48 Å². The van der Waals surface area contributed by atoms with Gasteiger partial charge in [-0.2, -0.15) is 0 Å². The molecule has 0 N–H and O–H groups in total. The van der Waals surface area contributed by atoms with Gasteiger partial charge in [0.1, 0.15) is 0 Å². The number of quaternary nitrogens is 1. The average molecular weight is 466 g/mol. The van der Waals surface area contributed by atoms with Gasteiger partial charge in [0, 0.05) is 4.91 Å². The lowest BCUT2D eigenvalue weighted by atomic mass is 10.1. The van der Waals surface area contributed by atoms with E-state index in [1.165, 1.54) is 82.0 Å². The molecule has 0 radical (unpaired) electrons. The molecule has 1 aliphatic heterocycles. The van der Waals surface area contributed by atoms with Crippen LogP contribution in [-0.2, 0) is 42.2 Å². The van der Waals surface area contributed by atoms with E-state index in [0.29, 0.717) is 4.20 Å². The summed E-state index contributed by atoms with van der Waals surface area (Å²) >= 11 is 19.8. The predicted molar refractivity (Wildman–Crippen MR) is 139 cm³/mol. The molecule has 0 saturated carbocycles. The molecule has 0 unspecified atom stereocenters. The summed E-state index contributed by atoms with van der Waals surface area (Å²) in [4.78, 5) is 0.808. The summed E-state index contributed by atoms with van der Waals surface area (Å²) in [7, 11) is -1.58. The molecule has 1 heterocycles. The number of nitrogens with zero attached hydrogens (tertiary/aromatic N) is 1. The third-order valence-corrected chi connectivity index (χ3v) is 8.87. The molecule has 0 atom stereocenters. The monoisotopic (exact) mass is 465 g/mol. The van der Waals surface area contributed by atoms with Crippen molar-refractivity contribution in [1.29, 1.82) is 0 Å². The molecule has 0 spiro atoms. The second-order valence-electron chi connectivity index (χ2n) is 7.34. The van der Waals surface area contributed by atoms with Crippen LogP contribution in [0.25, 0.3) is 0 Å². The van der Waals surface area contributed by atoms with Crippen molar-refractivity contribution in [1.82, 2.24) is 0 Å². The lowest BCUT2D eigenvalue weighted by Crippen LogP contribution is -2.50. The molecule has 6 heteroatoms. The largest absolute Gasteiger partial charge is 0.428 e. The minimum atomic E-state index is -1.58. The SMILES string of the molecule is CCCC[N+](CCCC)(CCCC)CCCC.S=C([S-])C1=CC=CS1(=S)=S. The Bertz CT molecular complexity index is 538. The van der Waals surface area contributed by atoms with Crippen molar-refractivity contribution in [3.8, 4) is 0 Å². The van der Waals surface area contributed by atoms with Gasteiger partial charge in [0.25, 0.3) is 0 Å². The van der Waals surface area contributed by atoms with E-state index in [1.54, 1.807) is 0 Å². The Hall–Kier alpha value is 0.540. The van der Waals surface area contributed by atoms with Crippen molar-refractivity contribution in [2.24, 2.45) is 0 Å². The van der Waals surface area contributed by atoms with Gasteiger partial charge in [-0.15, -0.1) is 4.20 Å². The van der Waals surface area contributed by atoms with Gasteiger partial charge in [0.05, 0.1) is 26.2 Å². The number of hydrogen-bond acceptors (Lipinski definition) is 4. The van der Waals surface area contributed by atoms with Gasteiger partial charge in [-0.1, -0.05) is 59.5 Å². The standard InChI is InChI=1S/C16H36N.C5H4S5/c1-5-9-13-17(14-10-6-2,15-11-7-3)16-12-8-4;6-5(7)4-2-1-3-10(4,8)9/h5-16H2,1-4H3;1-3H,(H,6,7)/q+1;/p-1. The van der Waals surface area contributed by atoms with Gasteiger partial charge in [-0.3, -0.25) is 0 Å². The van der Waals surface area contributed by atoms with Gasteiger partial charge in [0.15, 0.2) is 0 Å². The van der Waals surface area contributed by atoms with Crippen LogP contribution in [0.3, 0.4) is 0 Å². The molecular formula is C21H39NS5. The normalized spacial score (nSPS) is 15.2. The van der Waals surface area contributed by atoms with Crippen LogP contribution in [-0.4, -0.2) is 34.9 Å². The molecule has 0 bridgehead atoms. The average Bonchev–Trinajstić information content (AvgIpc) is 3.00. The lowest BCUT2D eigenvalue weighted by molar-refractivity contribution is -0.929. The lowest BCUT2D eigenvalue weighted by Gasteiger charge is -2.39. The fourth-order valence-electron chi connectivity index (χ4n) is 3.23. The summed E-state index contributed by atoms with van der Waals surface area (Å²) in [5.41, 5.74) is 0. The second-order valence-corrected chi connectivity index (χ2v) is 14.0. The topological polar surface area (TPSA) is 0 Å². The summed E-state index contributed by atoms with van der Waals surface area (Å²) in [6.07, 6.45) is 14.7. The van der Waals surface area contributed by atoms with E-state index in [1.807, 2.05) is 17.6 Å². The first-order valence-corrected chi connectivity index (χ1v) is 14.8. The minimum absolute atomic E-state index is 0.421. The summed E-state index contributed by atoms with van der Waals surface area (Å²) in [6, 6.07) is 0. The molecule has 0 saturated heterocycles. The van der Waals surface area contributed by atoms with Gasteiger partial charge in [0.2, 0.25) is 0 Å². The van der Waals surface area contributed by atoms with Crippen molar-refractivity contribution in [3.63, 3.8) is 0 Å². The van der Waals surface area contributed by atoms with E-state index in [4.69, 9.17) is 47.2 Å². The van der Waals surface area contributed by atoms with Crippen LogP contribution in [0.5, 0.6) is 0 Å². The van der Waals surface area contributed by atoms with Crippen LogP contribution in [0.1, 0.15) is 79.1 Å². The quantitative estimate of drug-likeness (QED) is 0.176. The first kappa shape index (κ1) is 27.5. The zero-order valence-electron chi connectivity index (χ0n) is 17.7. The Labute approximate surface area is 189 Å². The van der Waals surface area contributed by atoms with E-state index in [2.05, 4.69) is 27.7 Å². The summed E-state index contributed by atoms with van der Waals surface area (Å²) in [5, 5.41) is 1.82. The Morgan fingerprint density at radius 1 is 0.852 bits per heavy atom. The van der Waals surface area contributed by atoms with Crippen molar-refractivity contribution in [3.05, 3.63) is 22.5 Å². The van der Waals surface area contributed by atoms with E-state index >= 15 is 0 Å². The Morgan fingerprint density at radius 3 is 1.41 bits per heavy atom. The maximum atomic E-state index is 5.09. The van der Waals surface area contributed by atoms with Crippen LogP contribution < -0.4 is 0 Å². The van der Waals surface area contributed by atoms with Crippen LogP contribution in [0.4, 0.5) is 0 Å². The number of allylic oxidation sites excluding steroid dienone is 2. The molecular weight excluding hydrogens is 427 g/mol. The highest BCUT2D eigenvalue weighted by Crippen LogP contribution is 2.18. The molecule has 1 aliphatic rings. The number of rotatable bonds is 13. The zero-order valence-corrected chi connectivity index (χ0v) is 21.8. The zero-order chi connectivity index (χ0) is 20.8. The Morgan fingerprint density at radius 2 is 1.22 bits per heavy atom. The molecule has 0 aliphatic carbocycles. The molecule has 0 aromatic carbocycles. The van der Waals surface area contributed by atoms with Crippen molar-refractivity contribution in [2.75, 3.05) is 26.2 Å². The molecule has 158 valence electrons. The minimum Gasteiger partial charge on any atom is -0.428 e. The number of unbranched alkanes of at least 4 members (excludes halogenated alkanes) is 4. The molecule has 1 nitrogen and oxygen atoms in total. The molecule has 1 rings (SSSR count). The Kier molecular flexibility index (Phi) is 15.7. The summed E-state index contributed by atoms with van der Waals surface area (Å²) in [5.74, 6) is 0. The molecule has 0 amide bonds. The maximum absolute atomic E-state index is 5.09. The Balaban J connectivity index is 0.000000569. The molecule has 0 fully saturated rings. The fourth-order valence-corrected chi connectivity index (χ4v) is 6.94. The van der Waals surface area contributed by atoms with Crippen molar-refractivity contribution >= 4 is 58.6 Å². The third-order valence-electron chi connectivity index (χ3n) is 4.96.